The zero-order chi connectivity index (χ0) is 17.6. The van der Waals surface area contributed by atoms with Gasteiger partial charge in [0.05, 0.1) is 7.11 Å². The van der Waals surface area contributed by atoms with Gasteiger partial charge in [-0.3, -0.25) is 0 Å². The Kier molecular flexibility index (Phi) is 11.0. The zero-order valence-corrected chi connectivity index (χ0v) is 15.5. The largest absolute Gasteiger partial charge is 0.507 e. The van der Waals surface area contributed by atoms with Crippen molar-refractivity contribution in [2.24, 2.45) is 0 Å². The highest BCUT2D eigenvalue weighted by molar-refractivity contribution is 5.94. The van der Waals surface area contributed by atoms with Gasteiger partial charge < -0.3 is 9.84 Å². The molecule has 1 aromatic rings. The third kappa shape index (κ3) is 7.85. The van der Waals surface area contributed by atoms with Crippen molar-refractivity contribution in [1.29, 1.82) is 0 Å². The SMILES string of the molecule is CCCCCCCCCCCCCc1cccc(O)c1C(=O)OC. The van der Waals surface area contributed by atoms with E-state index in [1.165, 1.54) is 77.4 Å². The van der Waals surface area contributed by atoms with Crippen molar-refractivity contribution < 1.29 is 14.6 Å². The van der Waals surface area contributed by atoms with Crippen LogP contribution in [0.3, 0.4) is 0 Å². The van der Waals surface area contributed by atoms with Crippen LogP contribution >= 0.6 is 0 Å². The number of ether oxygens (including phenoxy) is 1. The van der Waals surface area contributed by atoms with Crippen LogP contribution in [0.2, 0.25) is 0 Å². The van der Waals surface area contributed by atoms with E-state index in [0.29, 0.717) is 5.56 Å². The van der Waals surface area contributed by atoms with Crippen molar-refractivity contribution in [3.63, 3.8) is 0 Å². The van der Waals surface area contributed by atoms with Gasteiger partial charge in [0.2, 0.25) is 0 Å². The molecule has 3 heteroatoms. The number of methoxy groups -OCH3 is 1. The van der Waals surface area contributed by atoms with E-state index in [0.717, 1.165) is 18.4 Å². The summed E-state index contributed by atoms with van der Waals surface area (Å²) in [5.74, 6) is -0.436. The number of hydrogen-bond acceptors (Lipinski definition) is 3. The fourth-order valence-corrected chi connectivity index (χ4v) is 3.11. The maximum atomic E-state index is 11.8. The molecule has 0 aromatic heterocycles. The van der Waals surface area contributed by atoms with E-state index in [9.17, 15) is 9.90 Å². The third-order valence-corrected chi connectivity index (χ3v) is 4.57. The summed E-state index contributed by atoms with van der Waals surface area (Å²) in [6, 6.07) is 5.23. The Hall–Kier alpha value is -1.51. The van der Waals surface area contributed by atoms with Gasteiger partial charge in [-0.1, -0.05) is 83.3 Å². The van der Waals surface area contributed by atoms with Crippen LogP contribution < -0.4 is 0 Å². The number of carbonyl (C=O) groups excluding carboxylic acids is 1. The molecule has 0 saturated heterocycles. The molecule has 0 bridgehead atoms. The molecule has 0 amide bonds. The zero-order valence-electron chi connectivity index (χ0n) is 15.5. The maximum Gasteiger partial charge on any atom is 0.341 e. The first kappa shape index (κ1) is 20.5. The van der Waals surface area contributed by atoms with Gasteiger partial charge in [0.1, 0.15) is 11.3 Å². The van der Waals surface area contributed by atoms with Crippen LogP contribution in [0.25, 0.3) is 0 Å². The predicted molar refractivity (Wildman–Crippen MR) is 99.6 cm³/mol. The minimum absolute atomic E-state index is 0.0161. The van der Waals surface area contributed by atoms with E-state index >= 15 is 0 Å². The normalized spacial score (nSPS) is 10.8. The molecule has 0 aliphatic carbocycles. The number of hydrogen-bond donors (Lipinski definition) is 1. The van der Waals surface area contributed by atoms with E-state index in [4.69, 9.17) is 4.74 Å². The highest BCUT2D eigenvalue weighted by atomic mass is 16.5. The van der Waals surface area contributed by atoms with Crippen LogP contribution in [0, 0.1) is 0 Å². The van der Waals surface area contributed by atoms with Gasteiger partial charge in [0, 0.05) is 0 Å². The summed E-state index contributed by atoms with van der Waals surface area (Å²) in [7, 11) is 1.35. The number of unbranched alkanes of at least 4 members (excludes halogenated alkanes) is 10. The lowest BCUT2D eigenvalue weighted by atomic mass is 9.99. The van der Waals surface area contributed by atoms with Gasteiger partial charge in [0.15, 0.2) is 0 Å². The fourth-order valence-electron chi connectivity index (χ4n) is 3.11. The standard InChI is InChI=1S/C21H34O3/c1-3-4-5-6-7-8-9-10-11-12-13-15-18-16-14-17-19(22)20(18)21(23)24-2/h14,16-17,22H,3-13,15H2,1-2H3. The lowest BCUT2D eigenvalue weighted by Crippen LogP contribution is -2.06. The van der Waals surface area contributed by atoms with Gasteiger partial charge >= 0.3 is 5.97 Å². The topological polar surface area (TPSA) is 46.5 Å². The molecular formula is C21H34O3. The molecular weight excluding hydrogens is 300 g/mol. The number of phenols is 1. The van der Waals surface area contributed by atoms with Crippen LogP contribution in [0.4, 0.5) is 0 Å². The monoisotopic (exact) mass is 334 g/mol. The lowest BCUT2D eigenvalue weighted by Gasteiger charge is -2.09. The predicted octanol–water partition coefficient (Wildman–Crippen LogP) is 6.03. The molecule has 1 aromatic carbocycles. The van der Waals surface area contributed by atoms with Gasteiger partial charge in [-0.15, -0.1) is 0 Å². The molecule has 136 valence electrons. The van der Waals surface area contributed by atoms with Gasteiger partial charge in [-0.25, -0.2) is 4.79 Å². The number of benzene rings is 1. The average Bonchev–Trinajstić information content (AvgIpc) is 2.59. The van der Waals surface area contributed by atoms with Gasteiger partial charge in [0.25, 0.3) is 0 Å². The van der Waals surface area contributed by atoms with Crippen molar-refractivity contribution in [3.8, 4) is 5.75 Å². The summed E-state index contributed by atoms with van der Waals surface area (Å²) in [6.45, 7) is 2.25. The Bertz CT molecular complexity index is 468. The van der Waals surface area contributed by atoms with Crippen molar-refractivity contribution in [2.45, 2.75) is 84.0 Å². The molecule has 0 aliphatic heterocycles. The second-order valence-corrected chi connectivity index (χ2v) is 6.59. The second kappa shape index (κ2) is 12.9. The highest BCUT2D eigenvalue weighted by Gasteiger charge is 2.16. The Morgan fingerprint density at radius 1 is 0.917 bits per heavy atom. The van der Waals surface area contributed by atoms with Crippen LogP contribution in [-0.4, -0.2) is 18.2 Å². The summed E-state index contributed by atoms with van der Waals surface area (Å²) < 4.78 is 4.77. The first-order chi connectivity index (χ1) is 11.7. The molecule has 3 nitrogen and oxygen atoms in total. The number of carbonyl (C=O) groups is 1. The molecule has 0 heterocycles. The lowest BCUT2D eigenvalue weighted by molar-refractivity contribution is 0.0596. The van der Waals surface area contributed by atoms with Crippen LogP contribution in [0.1, 0.15) is 93.5 Å². The first-order valence-electron chi connectivity index (χ1n) is 9.59. The molecule has 0 saturated carbocycles. The second-order valence-electron chi connectivity index (χ2n) is 6.59. The van der Waals surface area contributed by atoms with Crippen molar-refractivity contribution in [2.75, 3.05) is 7.11 Å². The van der Waals surface area contributed by atoms with E-state index in [2.05, 4.69) is 6.92 Å². The number of esters is 1. The van der Waals surface area contributed by atoms with E-state index in [1.807, 2.05) is 6.07 Å². The molecule has 0 radical (unpaired) electrons. The first-order valence-corrected chi connectivity index (χ1v) is 9.59. The molecule has 0 spiro atoms. The Balaban J connectivity index is 2.16. The Morgan fingerprint density at radius 3 is 2.00 bits per heavy atom. The van der Waals surface area contributed by atoms with Gasteiger partial charge in [-0.2, -0.15) is 0 Å². The summed E-state index contributed by atoms with van der Waals surface area (Å²) in [6.07, 6.45) is 15.1. The van der Waals surface area contributed by atoms with E-state index in [-0.39, 0.29) is 5.75 Å². The Morgan fingerprint density at radius 2 is 1.46 bits per heavy atom. The number of rotatable bonds is 13. The summed E-state index contributed by atoms with van der Waals surface area (Å²) in [5, 5.41) is 9.87. The van der Waals surface area contributed by atoms with Crippen LogP contribution in [0.15, 0.2) is 18.2 Å². The maximum absolute atomic E-state index is 11.8. The molecule has 0 fully saturated rings. The highest BCUT2D eigenvalue weighted by Crippen LogP contribution is 2.24. The molecule has 0 atom stereocenters. The van der Waals surface area contributed by atoms with Crippen molar-refractivity contribution >= 4 is 5.97 Å². The smallest absolute Gasteiger partial charge is 0.341 e. The van der Waals surface area contributed by atoms with Crippen LogP contribution in [0.5, 0.6) is 5.75 Å². The fraction of sp³-hybridized carbons (Fsp3) is 0.667. The van der Waals surface area contributed by atoms with Gasteiger partial charge in [-0.05, 0) is 24.5 Å². The molecule has 0 aliphatic rings. The summed E-state index contributed by atoms with van der Waals surface area (Å²) >= 11 is 0. The summed E-state index contributed by atoms with van der Waals surface area (Å²) in [5.41, 5.74) is 1.21. The quantitative estimate of drug-likeness (QED) is 0.354. The number of phenolic OH excluding ortho intramolecular Hbond substituents is 1. The molecule has 24 heavy (non-hydrogen) atoms. The minimum atomic E-state index is -0.453. The van der Waals surface area contributed by atoms with E-state index < -0.39 is 5.97 Å². The van der Waals surface area contributed by atoms with E-state index in [1.54, 1.807) is 6.07 Å². The molecule has 1 N–H and O–H groups in total. The number of aryl methyl sites for hydroxylation is 1. The van der Waals surface area contributed by atoms with Crippen molar-refractivity contribution in [1.82, 2.24) is 0 Å². The average molecular weight is 335 g/mol. The molecule has 0 unspecified atom stereocenters. The van der Waals surface area contributed by atoms with Crippen molar-refractivity contribution in [3.05, 3.63) is 29.3 Å². The molecule has 1 rings (SSSR count). The summed E-state index contributed by atoms with van der Waals surface area (Å²) in [4.78, 5) is 11.8. The number of aromatic hydroxyl groups is 1. The van der Waals surface area contributed by atoms with Crippen LogP contribution in [-0.2, 0) is 11.2 Å². The Labute approximate surface area is 147 Å². The minimum Gasteiger partial charge on any atom is -0.507 e. The third-order valence-electron chi connectivity index (χ3n) is 4.57.